The summed E-state index contributed by atoms with van der Waals surface area (Å²) >= 11 is 7.23. The second-order valence-electron chi connectivity index (χ2n) is 6.70. The average Bonchev–Trinajstić information content (AvgIpc) is 3.07. The van der Waals surface area contributed by atoms with Crippen LogP contribution in [-0.4, -0.2) is 31.7 Å². The van der Waals surface area contributed by atoms with Gasteiger partial charge in [0.05, 0.1) is 11.8 Å². The second kappa shape index (κ2) is 9.77. The van der Waals surface area contributed by atoms with Gasteiger partial charge in [-0.05, 0) is 62.4 Å². The van der Waals surface area contributed by atoms with Crippen LogP contribution in [0.4, 0.5) is 11.4 Å². The molecule has 2 aromatic carbocycles. The molecule has 156 valence electrons. The third kappa shape index (κ3) is 5.61. The number of rotatable bonds is 8. The molecule has 0 radical (unpaired) electrons. The van der Waals surface area contributed by atoms with E-state index in [2.05, 4.69) is 20.8 Å². The summed E-state index contributed by atoms with van der Waals surface area (Å²) in [5.74, 6) is 0.583. The molecule has 1 amide bonds. The van der Waals surface area contributed by atoms with E-state index in [0.29, 0.717) is 28.0 Å². The summed E-state index contributed by atoms with van der Waals surface area (Å²) in [5, 5.41) is 15.5. The average molecular weight is 444 g/mol. The number of carbonyl (C=O) groups is 2. The Kier molecular flexibility index (Phi) is 7.12. The van der Waals surface area contributed by atoms with E-state index in [9.17, 15) is 9.59 Å². The van der Waals surface area contributed by atoms with Crippen molar-refractivity contribution in [3.63, 3.8) is 0 Å². The number of nitrogens with one attached hydrogen (secondary N) is 2. The molecule has 0 aliphatic carbocycles. The largest absolute Gasteiger partial charge is 0.378 e. The third-order valence-corrected chi connectivity index (χ3v) is 5.82. The minimum atomic E-state index is -0.377. The Labute approximate surface area is 184 Å². The first-order valence-electron chi connectivity index (χ1n) is 9.29. The van der Waals surface area contributed by atoms with Crippen molar-refractivity contribution >= 4 is 46.4 Å². The number of nitrogens with zero attached hydrogens (tertiary/aromatic N) is 3. The molecule has 0 bridgehead atoms. The lowest BCUT2D eigenvalue weighted by Crippen LogP contribution is -2.23. The Morgan fingerprint density at radius 3 is 2.33 bits per heavy atom. The van der Waals surface area contributed by atoms with Gasteiger partial charge in [0.15, 0.2) is 16.8 Å². The normalized spacial score (nSPS) is 11.7. The summed E-state index contributed by atoms with van der Waals surface area (Å²) in [4.78, 5) is 23.9. The molecule has 9 heteroatoms. The number of amides is 1. The summed E-state index contributed by atoms with van der Waals surface area (Å²) in [5.41, 5.74) is 2.18. The predicted octanol–water partition coefficient (Wildman–Crippen LogP) is 4.40. The van der Waals surface area contributed by atoms with E-state index >= 15 is 0 Å². The molecule has 1 aromatic heterocycles. The van der Waals surface area contributed by atoms with Crippen molar-refractivity contribution in [3.8, 4) is 0 Å². The number of aromatic nitrogens is 3. The van der Waals surface area contributed by atoms with Crippen LogP contribution in [0.5, 0.6) is 0 Å². The number of hydrogen-bond acceptors (Lipinski definition) is 6. The van der Waals surface area contributed by atoms with E-state index in [1.807, 2.05) is 42.8 Å². The Hall–Kier alpha value is -2.84. The highest BCUT2D eigenvalue weighted by atomic mass is 35.5. The summed E-state index contributed by atoms with van der Waals surface area (Å²) in [6, 6.07) is 14.2. The summed E-state index contributed by atoms with van der Waals surface area (Å²) in [6.45, 7) is 3.81. The number of thioether (sulfide) groups is 1. The van der Waals surface area contributed by atoms with Gasteiger partial charge in [-0.15, -0.1) is 10.2 Å². The van der Waals surface area contributed by atoms with Gasteiger partial charge in [-0.2, -0.15) is 0 Å². The molecule has 0 aliphatic rings. The minimum Gasteiger partial charge on any atom is -0.378 e. The zero-order valence-electron chi connectivity index (χ0n) is 16.8. The molecular weight excluding hydrogens is 422 g/mol. The van der Waals surface area contributed by atoms with Crippen molar-refractivity contribution in [1.82, 2.24) is 14.8 Å². The van der Waals surface area contributed by atoms with Crippen LogP contribution >= 0.6 is 23.4 Å². The van der Waals surface area contributed by atoms with E-state index in [4.69, 9.17) is 11.6 Å². The van der Waals surface area contributed by atoms with Gasteiger partial charge in [0.25, 0.3) is 0 Å². The molecule has 0 aliphatic heterocycles. The number of hydrogen-bond donors (Lipinski definition) is 2. The van der Waals surface area contributed by atoms with Crippen LogP contribution in [-0.2, 0) is 18.4 Å². The van der Waals surface area contributed by atoms with Crippen LogP contribution in [0.1, 0.15) is 30.0 Å². The molecule has 3 aromatic rings. The van der Waals surface area contributed by atoms with Gasteiger partial charge < -0.3 is 15.2 Å². The molecule has 1 heterocycles. The van der Waals surface area contributed by atoms with E-state index in [0.717, 1.165) is 11.5 Å². The van der Waals surface area contributed by atoms with Crippen LogP contribution < -0.4 is 10.6 Å². The van der Waals surface area contributed by atoms with Gasteiger partial charge in [-0.3, -0.25) is 9.59 Å². The minimum absolute atomic E-state index is 0.0135. The fraction of sp³-hybridized carbons (Fsp3) is 0.238. The van der Waals surface area contributed by atoms with Crippen LogP contribution in [0.15, 0.2) is 53.7 Å². The lowest BCUT2D eigenvalue weighted by molar-refractivity contribution is -0.115. The fourth-order valence-electron chi connectivity index (χ4n) is 2.59. The number of carbonyl (C=O) groups excluding carboxylic acids is 2. The van der Waals surface area contributed by atoms with Crippen molar-refractivity contribution in [2.24, 2.45) is 7.05 Å². The van der Waals surface area contributed by atoms with Crippen molar-refractivity contribution in [2.45, 2.75) is 30.8 Å². The zero-order valence-corrected chi connectivity index (χ0v) is 18.4. The SMILES string of the molecule is CC(=O)c1ccc(NC(=O)[C@H](C)Sc2nnc(CNc3ccc(Cl)cc3)n2C)cc1. The maximum absolute atomic E-state index is 12.5. The number of benzene rings is 2. The number of halogens is 1. The van der Waals surface area contributed by atoms with Crippen LogP contribution in [0.2, 0.25) is 5.02 Å². The highest BCUT2D eigenvalue weighted by Crippen LogP contribution is 2.23. The van der Waals surface area contributed by atoms with E-state index in [1.165, 1.54) is 18.7 Å². The highest BCUT2D eigenvalue weighted by molar-refractivity contribution is 8.00. The first kappa shape index (κ1) is 21.9. The standard InChI is InChI=1S/C21H22ClN5O2S/c1-13(28)15-4-8-18(9-5-15)24-20(29)14(2)30-21-26-25-19(27(21)3)12-23-17-10-6-16(22)7-11-17/h4-11,14,23H,12H2,1-3H3,(H,24,29)/t14-/m0/s1. The summed E-state index contributed by atoms with van der Waals surface area (Å²) in [7, 11) is 1.87. The molecule has 0 fully saturated rings. The lowest BCUT2D eigenvalue weighted by atomic mass is 10.1. The number of anilines is 2. The van der Waals surface area contributed by atoms with E-state index in [-0.39, 0.29) is 16.9 Å². The van der Waals surface area contributed by atoms with Crippen molar-refractivity contribution in [3.05, 3.63) is 64.9 Å². The highest BCUT2D eigenvalue weighted by Gasteiger charge is 2.19. The molecule has 0 saturated heterocycles. The number of ketones is 1. The van der Waals surface area contributed by atoms with Crippen LogP contribution in [0.25, 0.3) is 0 Å². The van der Waals surface area contributed by atoms with Gasteiger partial charge in [0, 0.05) is 29.0 Å². The molecule has 2 N–H and O–H groups in total. The quantitative estimate of drug-likeness (QED) is 0.396. The van der Waals surface area contributed by atoms with Crippen molar-refractivity contribution in [1.29, 1.82) is 0 Å². The first-order valence-corrected chi connectivity index (χ1v) is 10.6. The van der Waals surface area contributed by atoms with Gasteiger partial charge in [0.2, 0.25) is 5.91 Å². The number of Topliss-reactive ketones (excluding diaryl/α,β-unsaturated/α-hetero) is 1. The van der Waals surface area contributed by atoms with Crippen molar-refractivity contribution in [2.75, 3.05) is 10.6 Å². The maximum Gasteiger partial charge on any atom is 0.237 e. The fourth-order valence-corrected chi connectivity index (χ4v) is 3.55. The lowest BCUT2D eigenvalue weighted by Gasteiger charge is -2.12. The Balaban J connectivity index is 1.56. The molecule has 0 spiro atoms. The Morgan fingerprint density at radius 1 is 1.07 bits per heavy atom. The van der Waals surface area contributed by atoms with E-state index < -0.39 is 0 Å². The van der Waals surface area contributed by atoms with Crippen molar-refractivity contribution < 1.29 is 9.59 Å². The monoisotopic (exact) mass is 443 g/mol. The third-order valence-electron chi connectivity index (χ3n) is 4.43. The van der Waals surface area contributed by atoms with Crippen LogP contribution in [0, 0.1) is 0 Å². The zero-order chi connectivity index (χ0) is 21.7. The molecule has 7 nitrogen and oxygen atoms in total. The topological polar surface area (TPSA) is 88.9 Å². The Bertz CT molecular complexity index is 1030. The van der Waals surface area contributed by atoms with E-state index in [1.54, 1.807) is 24.3 Å². The predicted molar refractivity (Wildman–Crippen MR) is 120 cm³/mol. The van der Waals surface area contributed by atoms with Gasteiger partial charge in [-0.25, -0.2) is 0 Å². The Morgan fingerprint density at radius 2 is 1.70 bits per heavy atom. The molecule has 30 heavy (non-hydrogen) atoms. The first-order chi connectivity index (χ1) is 14.3. The smallest absolute Gasteiger partial charge is 0.237 e. The van der Waals surface area contributed by atoms with Gasteiger partial charge >= 0.3 is 0 Å². The summed E-state index contributed by atoms with van der Waals surface area (Å²) < 4.78 is 1.86. The molecule has 1 atom stereocenters. The second-order valence-corrected chi connectivity index (χ2v) is 8.45. The molecular formula is C21H22ClN5O2S. The van der Waals surface area contributed by atoms with Crippen LogP contribution in [0.3, 0.4) is 0 Å². The molecule has 0 unspecified atom stereocenters. The maximum atomic E-state index is 12.5. The summed E-state index contributed by atoms with van der Waals surface area (Å²) in [6.07, 6.45) is 0. The van der Waals surface area contributed by atoms with Gasteiger partial charge in [0.1, 0.15) is 0 Å². The van der Waals surface area contributed by atoms with Gasteiger partial charge in [-0.1, -0.05) is 23.4 Å². The molecule has 3 rings (SSSR count). The molecule has 0 saturated carbocycles.